The second-order valence-corrected chi connectivity index (χ2v) is 9.88. The molecular weight excluding hydrogens is 524 g/mol. The van der Waals surface area contributed by atoms with E-state index in [1.807, 2.05) is 13.8 Å². The number of phenolic OH excluding ortho intramolecular Hbond substituents is 2. The Morgan fingerprint density at radius 1 is 0.757 bits per heavy atom. The molecule has 0 amide bonds. The predicted octanol–water partition coefficient (Wildman–Crippen LogP) is 6.98. The SMILES string of the molecule is CC(C)(c1ccc(O)c(N=Nc2ncc([N+](=O)[O-])s2)c1)c1ccc(O)c(N=Nc2ncc([N+](=O)[O-])s2)c1. The van der Waals surface area contributed by atoms with Gasteiger partial charge in [-0.3, -0.25) is 20.2 Å². The molecule has 0 spiro atoms. The van der Waals surface area contributed by atoms with Crippen LogP contribution in [0.5, 0.6) is 11.5 Å². The van der Waals surface area contributed by atoms with E-state index in [9.17, 15) is 30.4 Å². The number of benzene rings is 2. The molecule has 0 atom stereocenters. The lowest BCUT2D eigenvalue weighted by molar-refractivity contribution is -0.380. The molecule has 0 aliphatic carbocycles. The van der Waals surface area contributed by atoms with Crippen LogP contribution in [0.3, 0.4) is 0 Å². The Balaban J connectivity index is 1.62. The molecule has 2 aromatic heterocycles. The summed E-state index contributed by atoms with van der Waals surface area (Å²) >= 11 is 1.50. The number of nitrogens with zero attached hydrogens (tertiary/aromatic N) is 8. The van der Waals surface area contributed by atoms with Crippen LogP contribution in [-0.4, -0.2) is 30.0 Å². The average Bonchev–Trinajstić information content (AvgIpc) is 3.53. The molecule has 37 heavy (non-hydrogen) atoms. The van der Waals surface area contributed by atoms with Crippen LogP contribution in [0.1, 0.15) is 25.0 Å². The first kappa shape index (κ1) is 25.4. The summed E-state index contributed by atoms with van der Waals surface area (Å²) in [6.45, 7) is 3.81. The van der Waals surface area contributed by atoms with Gasteiger partial charge in [-0.25, -0.2) is 9.97 Å². The highest BCUT2D eigenvalue weighted by Crippen LogP contribution is 2.41. The lowest BCUT2D eigenvalue weighted by Gasteiger charge is -2.26. The van der Waals surface area contributed by atoms with Gasteiger partial charge in [0, 0.05) is 5.41 Å². The standard InChI is InChI=1S/C21H16N8O6S2/c1-21(2,11-3-5-15(30)13(7-11)24-26-19-22-9-17(36-19)28(32)33)12-4-6-16(31)14(8-12)25-27-20-23-10-18(37-20)29(34)35/h3-10,30-31H,1-2H3. The van der Waals surface area contributed by atoms with Crippen LogP contribution >= 0.6 is 22.7 Å². The molecule has 4 aromatic rings. The van der Waals surface area contributed by atoms with Gasteiger partial charge in [0.05, 0.1) is 9.85 Å². The van der Waals surface area contributed by atoms with Gasteiger partial charge < -0.3 is 10.2 Å². The van der Waals surface area contributed by atoms with E-state index in [4.69, 9.17) is 0 Å². The van der Waals surface area contributed by atoms with E-state index in [0.717, 1.165) is 46.2 Å². The first-order valence-electron chi connectivity index (χ1n) is 10.3. The fraction of sp³-hybridized carbons (Fsp3) is 0.143. The van der Waals surface area contributed by atoms with Gasteiger partial charge in [0.25, 0.3) is 0 Å². The van der Waals surface area contributed by atoms with Crippen molar-refractivity contribution in [3.8, 4) is 11.5 Å². The summed E-state index contributed by atoms with van der Waals surface area (Å²) in [5, 5.41) is 57.7. The summed E-state index contributed by atoms with van der Waals surface area (Å²) in [5.41, 5.74) is 1.05. The molecule has 2 aromatic carbocycles. The first-order chi connectivity index (χ1) is 17.5. The maximum absolute atomic E-state index is 10.8. The molecule has 188 valence electrons. The lowest BCUT2D eigenvalue weighted by atomic mass is 9.78. The average molecular weight is 541 g/mol. The van der Waals surface area contributed by atoms with Gasteiger partial charge in [-0.15, -0.1) is 20.5 Å². The summed E-state index contributed by atoms with van der Waals surface area (Å²) in [6.07, 6.45) is 2.15. The summed E-state index contributed by atoms with van der Waals surface area (Å²) in [7, 11) is 0. The van der Waals surface area contributed by atoms with Gasteiger partial charge in [-0.1, -0.05) is 26.0 Å². The molecule has 2 heterocycles. The van der Waals surface area contributed by atoms with Crippen molar-refractivity contribution >= 4 is 54.3 Å². The highest BCUT2D eigenvalue weighted by atomic mass is 32.1. The van der Waals surface area contributed by atoms with E-state index >= 15 is 0 Å². The number of hydrogen-bond donors (Lipinski definition) is 2. The highest BCUT2D eigenvalue weighted by molar-refractivity contribution is 7.18. The predicted molar refractivity (Wildman–Crippen MR) is 134 cm³/mol. The van der Waals surface area contributed by atoms with Crippen LogP contribution in [0.15, 0.2) is 69.2 Å². The van der Waals surface area contributed by atoms with Gasteiger partial charge in [0.2, 0.25) is 10.3 Å². The summed E-state index contributed by atoms with van der Waals surface area (Å²) in [4.78, 5) is 28.1. The zero-order chi connectivity index (χ0) is 26.7. The number of aromatic hydroxyl groups is 2. The monoisotopic (exact) mass is 540 g/mol. The van der Waals surface area contributed by atoms with Crippen molar-refractivity contribution < 1.29 is 20.1 Å². The molecule has 2 N–H and O–H groups in total. The Kier molecular flexibility index (Phi) is 6.94. The number of aromatic nitrogens is 2. The second-order valence-electron chi connectivity index (χ2n) is 7.91. The Morgan fingerprint density at radius 3 is 1.51 bits per heavy atom. The Bertz CT molecular complexity index is 1450. The molecule has 0 bridgehead atoms. The Morgan fingerprint density at radius 2 is 1.16 bits per heavy atom. The second kappa shape index (κ2) is 10.1. The molecule has 0 unspecified atom stereocenters. The molecule has 0 saturated carbocycles. The van der Waals surface area contributed by atoms with Crippen molar-refractivity contribution in [3.05, 3.63) is 80.1 Å². The summed E-state index contributed by atoms with van der Waals surface area (Å²) in [5.74, 6) is -0.292. The molecule has 0 aliphatic heterocycles. The van der Waals surface area contributed by atoms with Crippen molar-refractivity contribution in [2.24, 2.45) is 20.5 Å². The Labute approximate surface area is 215 Å². The fourth-order valence-corrected chi connectivity index (χ4v) is 4.23. The molecule has 16 heteroatoms. The smallest absolute Gasteiger partial charge is 0.345 e. The lowest BCUT2D eigenvalue weighted by Crippen LogP contribution is -2.18. The molecule has 0 saturated heterocycles. The van der Waals surface area contributed by atoms with Crippen LogP contribution < -0.4 is 0 Å². The van der Waals surface area contributed by atoms with E-state index in [2.05, 4.69) is 30.4 Å². The minimum absolute atomic E-state index is 0.0647. The quantitative estimate of drug-likeness (QED) is 0.135. The first-order valence-corrected chi connectivity index (χ1v) is 11.9. The van der Waals surface area contributed by atoms with Crippen LogP contribution in [0.2, 0.25) is 0 Å². The van der Waals surface area contributed by atoms with Gasteiger partial charge in [-0.2, -0.15) is 0 Å². The van der Waals surface area contributed by atoms with E-state index in [1.165, 1.54) is 12.1 Å². The van der Waals surface area contributed by atoms with E-state index in [-0.39, 0.29) is 43.1 Å². The molecular formula is C21H16N8O6S2. The van der Waals surface area contributed by atoms with Crippen molar-refractivity contribution in [1.29, 1.82) is 0 Å². The van der Waals surface area contributed by atoms with Crippen molar-refractivity contribution in [3.63, 3.8) is 0 Å². The van der Waals surface area contributed by atoms with E-state index in [0.29, 0.717) is 0 Å². The minimum atomic E-state index is -0.671. The van der Waals surface area contributed by atoms with E-state index in [1.54, 1.807) is 24.3 Å². The van der Waals surface area contributed by atoms with Gasteiger partial charge in [-0.05, 0) is 58.1 Å². The zero-order valence-electron chi connectivity index (χ0n) is 19.0. The molecule has 0 radical (unpaired) electrons. The third-order valence-electron chi connectivity index (χ3n) is 5.20. The van der Waals surface area contributed by atoms with Crippen LogP contribution in [0.4, 0.5) is 31.6 Å². The summed E-state index contributed by atoms with van der Waals surface area (Å²) < 4.78 is 0. The van der Waals surface area contributed by atoms with Crippen molar-refractivity contribution in [2.75, 3.05) is 0 Å². The van der Waals surface area contributed by atoms with Crippen LogP contribution in [0, 0.1) is 20.2 Å². The number of rotatable bonds is 8. The largest absolute Gasteiger partial charge is 0.506 e. The third kappa shape index (κ3) is 5.60. The highest BCUT2D eigenvalue weighted by Gasteiger charge is 2.25. The summed E-state index contributed by atoms with van der Waals surface area (Å²) in [6, 6.07) is 9.53. The number of hydrogen-bond acceptors (Lipinski definition) is 14. The molecule has 0 fully saturated rings. The third-order valence-corrected chi connectivity index (χ3v) is 6.87. The number of nitro groups is 2. The number of phenols is 2. The van der Waals surface area contributed by atoms with Crippen LogP contribution in [-0.2, 0) is 5.41 Å². The van der Waals surface area contributed by atoms with E-state index < -0.39 is 15.3 Å². The topological polar surface area (TPSA) is 202 Å². The normalized spacial score (nSPS) is 11.9. The van der Waals surface area contributed by atoms with Gasteiger partial charge >= 0.3 is 10.0 Å². The van der Waals surface area contributed by atoms with Gasteiger partial charge in [0.15, 0.2) is 0 Å². The molecule has 14 nitrogen and oxygen atoms in total. The minimum Gasteiger partial charge on any atom is -0.506 e. The van der Waals surface area contributed by atoms with Crippen molar-refractivity contribution in [1.82, 2.24) is 9.97 Å². The van der Waals surface area contributed by atoms with Crippen LogP contribution in [0.25, 0.3) is 0 Å². The fourth-order valence-electron chi connectivity index (χ4n) is 3.12. The van der Waals surface area contributed by atoms with Gasteiger partial charge in [0.1, 0.15) is 35.3 Å². The number of azo groups is 2. The Hall–Kier alpha value is -4.70. The van der Waals surface area contributed by atoms with Crippen molar-refractivity contribution in [2.45, 2.75) is 19.3 Å². The maximum atomic E-state index is 10.8. The molecule has 0 aliphatic rings. The molecule has 4 rings (SSSR count). The zero-order valence-corrected chi connectivity index (χ0v) is 20.7. The number of thiazole rings is 2. The maximum Gasteiger partial charge on any atom is 0.345 e.